The average molecular weight is 229 g/mol. The lowest BCUT2D eigenvalue weighted by Crippen LogP contribution is -2.11. The summed E-state index contributed by atoms with van der Waals surface area (Å²) in [6.45, 7) is 5.96. The van der Waals surface area contributed by atoms with Gasteiger partial charge < -0.3 is 5.32 Å². The first-order chi connectivity index (χ1) is 5.74. The van der Waals surface area contributed by atoms with Crippen LogP contribution >= 0.6 is 15.9 Å². The Kier molecular flexibility index (Phi) is 3.69. The molecule has 66 valence electrons. The first kappa shape index (κ1) is 9.68. The van der Waals surface area contributed by atoms with Crippen molar-refractivity contribution in [2.45, 2.75) is 20.4 Å². The zero-order chi connectivity index (χ0) is 8.97. The third-order valence-corrected chi connectivity index (χ3v) is 2.46. The van der Waals surface area contributed by atoms with Gasteiger partial charge in [-0.25, -0.2) is 0 Å². The van der Waals surface area contributed by atoms with Crippen LogP contribution in [0, 0.1) is 6.92 Å². The SMILES string of the molecule is CCNCc1cnc(C)c(Br)c1. The van der Waals surface area contributed by atoms with Crippen molar-refractivity contribution in [3.05, 3.63) is 28.0 Å². The Morgan fingerprint density at radius 2 is 2.33 bits per heavy atom. The summed E-state index contributed by atoms with van der Waals surface area (Å²) in [4.78, 5) is 4.24. The molecule has 1 aromatic rings. The fraction of sp³-hybridized carbons (Fsp3) is 0.444. The van der Waals surface area contributed by atoms with Crippen LogP contribution in [-0.2, 0) is 6.54 Å². The molecular formula is C9H13BrN2. The molecule has 3 heteroatoms. The fourth-order valence-corrected chi connectivity index (χ4v) is 1.31. The van der Waals surface area contributed by atoms with Crippen LogP contribution in [-0.4, -0.2) is 11.5 Å². The molecule has 0 spiro atoms. The molecule has 0 amide bonds. The Morgan fingerprint density at radius 3 is 2.92 bits per heavy atom. The van der Waals surface area contributed by atoms with Crippen molar-refractivity contribution < 1.29 is 0 Å². The molecule has 1 rings (SSSR count). The zero-order valence-electron chi connectivity index (χ0n) is 7.39. The standard InChI is InChI=1S/C9H13BrN2/c1-3-11-5-8-4-9(10)7(2)12-6-8/h4,6,11H,3,5H2,1-2H3. The molecule has 0 aliphatic carbocycles. The zero-order valence-corrected chi connectivity index (χ0v) is 8.98. The molecule has 0 saturated heterocycles. The quantitative estimate of drug-likeness (QED) is 0.859. The van der Waals surface area contributed by atoms with Gasteiger partial charge in [-0.15, -0.1) is 0 Å². The van der Waals surface area contributed by atoms with Gasteiger partial charge in [0.1, 0.15) is 0 Å². The van der Waals surface area contributed by atoms with E-state index in [-0.39, 0.29) is 0 Å². The molecule has 1 heterocycles. The summed E-state index contributed by atoms with van der Waals surface area (Å²) in [5.41, 5.74) is 2.25. The molecule has 0 radical (unpaired) electrons. The second-order valence-electron chi connectivity index (χ2n) is 2.69. The molecule has 0 unspecified atom stereocenters. The van der Waals surface area contributed by atoms with Crippen LogP contribution < -0.4 is 5.32 Å². The summed E-state index contributed by atoms with van der Waals surface area (Å²) >= 11 is 3.45. The Morgan fingerprint density at radius 1 is 1.58 bits per heavy atom. The number of hydrogen-bond acceptors (Lipinski definition) is 2. The van der Waals surface area contributed by atoms with E-state index in [4.69, 9.17) is 0 Å². The van der Waals surface area contributed by atoms with Crippen LogP contribution in [0.25, 0.3) is 0 Å². The maximum absolute atomic E-state index is 4.24. The summed E-state index contributed by atoms with van der Waals surface area (Å²) < 4.78 is 1.08. The van der Waals surface area contributed by atoms with Gasteiger partial charge in [-0.05, 0) is 41.0 Å². The van der Waals surface area contributed by atoms with Gasteiger partial charge in [0.2, 0.25) is 0 Å². The van der Waals surface area contributed by atoms with Gasteiger partial charge in [0.25, 0.3) is 0 Å². The van der Waals surface area contributed by atoms with E-state index in [0.29, 0.717) is 0 Å². The lowest BCUT2D eigenvalue weighted by Gasteiger charge is -2.03. The van der Waals surface area contributed by atoms with E-state index in [2.05, 4.69) is 39.2 Å². The van der Waals surface area contributed by atoms with Crippen LogP contribution in [0.5, 0.6) is 0 Å². The maximum Gasteiger partial charge on any atom is 0.0514 e. The third-order valence-electron chi connectivity index (χ3n) is 1.66. The van der Waals surface area contributed by atoms with Crippen molar-refractivity contribution in [3.8, 4) is 0 Å². The first-order valence-corrected chi connectivity index (χ1v) is 4.85. The smallest absolute Gasteiger partial charge is 0.0514 e. The lowest BCUT2D eigenvalue weighted by atomic mass is 10.2. The number of halogens is 1. The van der Waals surface area contributed by atoms with Gasteiger partial charge in [-0.3, -0.25) is 4.98 Å². The number of pyridine rings is 1. The number of rotatable bonds is 3. The summed E-state index contributed by atoms with van der Waals surface area (Å²) in [5, 5.41) is 3.25. The van der Waals surface area contributed by atoms with Crippen LogP contribution in [0.15, 0.2) is 16.7 Å². The third kappa shape index (κ3) is 2.57. The highest BCUT2D eigenvalue weighted by molar-refractivity contribution is 9.10. The number of aromatic nitrogens is 1. The predicted octanol–water partition coefficient (Wildman–Crippen LogP) is 2.26. The maximum atomic E-state index is 4.24. The molecule has 0 atom stereocenters. The molecule has 0 aliphatic heterocycles. The Hall–Kier alpha value is -0.410. The van der Waals surface area contributed by atoms with E-state index in [1.807, 2.05) is 13.1 Å². The van der Waals surface area contributed by atoms with Crippen LogP contribution in [0.3, 0.4) is 0 Å². The van der Waals surface area contributed by atoms with Crippen molar-refractivity contribution in [3.63, 3.8) is 0 Å². The Bertz CT molecular complexity index is 261. The van der Waals surface area contributed by atoms with E-state index in [0.717, 1.165) is 23.3 Å². The monoisotopic (exact) mass is 228 g/mol. The summed E-state index contributed by atoms with van der Waals surface area (Å²) in [5.74, 6) is 0. The van der Waals surface area contributed by atoms with E-state index >= 15 is 0 Å². The predicted molar refractivity (Wildman–Crippen MR) is 54.1 cm³/mol. The van der Waals surface area contributed by atoms with E-state index in [1.165, 1.54) is 5.56 Å². The highest BCUT2D eigenvalue weighted by atomic mass is 79.9. The molecule has 1 aromatic heterocycles. The Balaban J connectivity index is 2.69. The summed E-state index contributed by atoms with van der Waals surface area (Å²) in [7, 11) is 0. The molecule has 12 heavy (non-hydrogen) atoms. The van der Waals surface area contributed by atoms with E-state index in [9.17, 15) is 0 Å². The second-order valence-corrected chi connectivity index (χ2v) is 3.55. The number of nitrogens with one attached hydrogen (secondary N) is 1. The summed E-state index contributed by atoms with van der Waals surface area (Å²) in [6.07, 6.45) is 1.91. The minimum Gasteiger partial charge on any atom is -0.313 e. The normalized spacial score (nSPS) is 10.2. The Labute approximate surface area is 81.5 Å². The highest BCUT2D eigenvalue weighted by Crippen LogP contribution is 2.14. The number of aryl methyl sites for hydroxylation is 1. The van der Waals surface area contributed by atoms with Gasteiger partial charge in [0.05, 0.1) is 5.69 Å². The average Bonchev–Trinajstić information content (AvgIpc) is 2.07. The first-order valence-electron chi connectivity index (χ1n) is 4.05. The minimum absolute atomic E-state index is 0.891. The van der Waals surface area contributed by atoms with Crippen molar-refractivity contribution in [2.24, 2.45) is 0 Å². The van der Waals surface area contributed by atoms with Crippen LogP contribution in [0.4, 0.5) is 0 Å². The fourth-order valence-electron chi connectivity index (χ4n) is 0.912. The van der Waals surface area contributed by atoms with Gasteiger partial charge in [0, 0.05) is 17.2 Å². The molecule has 0 saturated carbocycles. The van der Waals surface area contributed by atoms with Crippen molar-refractivity contribution in [1.82, 2.24) is 10.3 Å². The molecule has 0 fully saturated rings. The number of nitrogens with zero attached hydrogens (tertiary/aromatic N) is 1. The van der Waals surface area contributed by atoms with Gasteiger partial charge in [-0.2, -0.15) is 0 Å². The molecule has 0 bridgehead atoms. The molecular weight excluding hydrogens is 216 g/mol. The molecule has 0 aliphatic rings. The van der Waals surface area contributed by atoms with Crippen molar-refractivity contribution in [1.29, 1.82) is 0 Å². The van der Waals surface area contributed by atoms with Crippen molar-refractivity contribution >= 4 is 15.9 Å². The number of hydrogen-bond donors (Lipinski definition) is 1. The minimum atomic E-state index is 0.891. The molecule has 2 nitrogen and oxygen atoms in total. The van der Waals surface area contributed by atoms with Gasteiger partial charge in [-0.1, -0.05) is 6.92 Å². The van der Waals surface area contributed by atoms with E-state index < -0.39 is 0 Å². The molecule has 0 aromatic carbocycles. The topological polar surface area (TPSA) is 24.9 Å². The summed E-state index contributed by atoms with van der Waals surface area (Å²) in [6, 6.07) is 2.10. The van der Waals surface area contributed by atoms with E-state index in [1.54, 1.807) is 0 Å². The lowest BCUT2D eigenvalue weighted by molar-refractivity contribution is 0.723. The van der Waals surface area contributed by atoms with Crippen LogP contribution in [0.1, 0.15) is 18.2 Å². The van der Waals surface area contributed by atoms with Crippen molar-refractivity contribution in [2.75, 3.05) is 6.54 Å². The second kappa shape index (κ2) is 4.58. The highest BCUT2D eigenvalue weighted by Gasteiger charge is 1.97. The van der Waals surface area contributed by atoms with Crippen LogP contribution in [0.2, 0.25) is 0 Å². The van der Waals surface area contributed by atoms with Gasteiger partial charge in [0.15, 0.2) is 0 Å². The van der Waals surface area contributed by atoms with Gasteiger partial charge >= 0.3 is 0 Å². The molecule has 1 N–H and O–H groups in total. The largest absolute Gasteiger partial charge is 0.313 e.